The van der Waals surface area contributed by atoms with Crippen LogP contribution in [0, 0.1) is 0 Å². The highest BCUT2D eigenvalue weighted by atomic mass is 32.2. The number of carboxylic acid groups (broad SMARTS) is 1. The van der Waals surface area contributed by atoms with Gasteiger partial charge in [0.2, 0.25) is 0 Å². The Kier molecular flexibility index (Phi) is 3.20. The average molecular weight is 257 g/mol. The molecule has 0 spiro atoms. The van der Waals surface area contributed by atoms with Gasteiger partial charge in [-0.2, -0.15) is 9.36 Å². The van der Waals surface area contributed by atoms with Crippen molar-refractivity contribution >= 4 is 29.3 Å². The van der Waals surface area contributed by atoms with Crippen molar-refractivity contribution in [1.82, 2.24) is 14.3 Å². The Hall–Kier alpha value is -1.41. The molecule has 6 nitrogen and oxygen atoms in total. The minimum atomic E-state index is -1.11. The van der Waals surface area contributed by atoms with Gasteiger partial charge in [0, 0.05) is 18.2 Å². The smallest absolute Gasteiger partial charge is 0.357 e. The van der Waals surface area contributed by atoms with Crippen molar-refractivity contribution in [1.29, 1.82) is 0 Å². The topological polar surface area (TPSA) is 89.1 Å². The molecule has 0 aliphatic rings. The van der Waals surface area contributed by atoms with Crippen LogP contribution < -0.4 is 0 Å². The lowest BCUT2D eigenvalue weighted by Crippen LogP contribution is -1.95. The van der Waals surface area contributed by atoms with Crippen LogP contribution in [0.5, 0.6) is 0 Å². The zero-order valence-electron chi connectivity index (χ0n) is 8.21. The van der Waals surface area contributed by atoms with Gasteiger partial charge in [-0.05, 0) is 11.5 Å². The molecule has 0 aliphatic heterocycles. The molecule has 0 radical (unpaired) electrons. The van der Waals surface area contributed by atoms with Crippen LogP contribution in [0.1, 0.15) is 23.2 Å². The molecule has 0 fully saturated rings. The zero-order chi connectivity index (χ0) is 11.5. The van der Waals surface area contributed by atoms with Crippen LogP contribution in [-0.4, -0.2) is 25.4 Å². The maximum absolute atomic E-state index is 10.6. The molecule has 2 aromatic heterocycles. The van der Waals surface area contributed by atoms with E-state index in [2.05, 4.69) is 14.3 Å². The molecule has 84 valence electrons. The van der Waals surface area contributed by atoms with Crippen molar-refractivity contribution in [3.05, 3.63) is 17.8 Å². The van der Waals surface area contributed by atoms with Gasteiger partial charge in [0.05, 0.1) is 0 Å². The normalized spacial score (nSPS) is 10.6. The van der Waals surface area contributed by atoms with Gasteiger partial charge in [0.15, 0.2) is 10.0 Å². The number of carbonyl (C=O) groups is 1. The lowest BCUT2D eigenvalue weighted by Gasteiger charge is -1.86. The van der Waals surface area contributed by atoms with Crippen molar-refractivity contribution in [3.8, 4) is 0 Å². The highest BCUT2D eigenvalue weighted by molar-refractivity contribution is 8.00. The molecule has 0 aliphatic carbocycles. The minimum Gasteiger partial charge on any atom is -0.476 e. The summed E-state index contributed by atoms with van der Waals surface area (Å²) in [6.07, 6.45) is 1.87. The number of aromatic carboxylic acids is 1. The van der Waals surface area contributed by atoms with Crippen molar-refractivity contribution in [2.75, 3.05) is 0 Å². The summed E-state index contributed by atoms with van der Waals surface area (Å²) in [7, 11) is 0. The van der Waals surface area contributed by atoms with Gasteiger partial charge in [-0.1, -0.05) is 6.92 Å². The first-order chi connectivity index (χ1) is 7.69. The van der Waals surface area contributed by atoms with E-state index >= 15 is 0 Å². The maximum Gasteiger partial charge on any atom is 0.357 e. The van der Waals surface area contributed by atoms with Crippen molar-refractivity contribution in [2.24, 2.45) is 0 Å². The number of aryl methyl sites for hydroxylation is 1. The molecule has 0 amide bonds. The molecule has 2 rings (SSSR count). The summed E-state index contributed by atoms with van der Waals surface area (Å²) < 4.78 is 9.77. The fourth-order valence-electron chi connectivity index (χ4n) is 0.900. The first-order valence-corrected chi connectivity index (χ1v) is 5.97. The van der Waals surface area contributed by atoms with E-state index in [-0.39, 0.29) is 10.9 Å². The molecule has 16 heavy (non-hydrogen) atoms. The van der Waals surface area contributed by atoms with Crippen molar-refractivity contribution < 1.29 is 14.3 Å². The Morgan fingerprint density at radius 1 is 1.62 bits per heavy atom. The van der Waals surface area contributed by atoms with Crippen LogP contribution in [0.2, 0.25) is 0 Å². The van der Waals surface area contributed by atoms with E-state index in [0.717, 1.165) is 18.5 Å². The van der Waals surface area contributed by atoms with Gasteiger partial charge in [0.25, 0.3) is 5.22 Å². The van der Waals surface area contributed by atoms with Crippen LogP contribution in [0.25, 0.3) is 0 Å². The molecular formula is C8H7N3O3S2. The SMILES string of the molecule is CCc1nsc(Sc2nc(C(=O)O)co2)n1. The summed E-state index contributed by atoms with van der Waals surface area (Å²) in [5.41, 5.74) is -0.109. The molecule has 0 saturated heterocycles. The molecule has 0 bridgehead atoms. The second-order valence-corrected chi connectivity index (χ2v) is 4.69. The third-order valence-electron chi connectivity index (χ3n) is 1.64. The maximum atomic E-state index is 10.6. The Morgan fingerprint density at radius 3 is 3.00 bits per heavy atom. The Morgan fingerprint density at radius 2 is 2.44 bits per heavy atom. The summed E-state index contributed by atoms with van der Waals surface area (Å²) in [5, 5.41) is 8.91. The molecule has 0 atom stereocenters. The molecule has 0 saturated carbocycles. The summed E-state index contributed by atoms with van der Waals surface area (Å²) in [5.74, 6) is -0.348. The number of oxazole rings is 1. The van der Waals surface area contributed by atoms with Crippen LogP contribution in [0.15, 0.2) is 20.2 Å². The number of carboxylic acids is 1. The van der Waals surface area contributed by atoms with Gasteiger partial charge >= 0.3 is 5.97 Å². The van der Waals surface area contributed by atoms with Gasteiger partial charge in [-0.25, -0.2) is 9.78 Å². The quantitative estimate of drug-likeness (QED) is 0.895. The monoisotopic (exact) mass is 257 g/mol. The van der Waals surface area contributed by atoms with Crippen LogP contribution in [-0.2, 0) is 6.42 Å². The van der Waals surface area contributed by atoms with Crippen LogP contribution in [0.4, 0.5) is 0 Å². The third-order valence-corrected chi connectivity index (χ3v) is 3.29. The van der Waals surface area contributed by atoms with Gasteiger partial charge in [-0.15, -0.1) is 0 Å². The van der Waals surface area contributed by atoms with Gasteiger partial charge in [0.1, 0.15) is 12.1 Å². The molecule has 0 aromatic carbocycles. The minimum absolute atomic E-state index is 0.109. The Balaban J connectivity index is 2.11. The van der Waals surface area contributed by atoms with E-state index in [1.54, 1.807) is 0 Å². The molecule has 2 heterocycles. The van der Waals surface area contributed by atoms with E-state index in [1.165, 1.54) is 23.3 Å². The van der Waals surface area contributed by atoms with Crippen LogP contribution >= 0.6 is 23.3 Å². The molecule has 1 N–H and O–H groups in total. The summed E-state index contributed by atoms with van der Waals surface area (Å²) in [6, 6.07) is 0. The number of nitrogens with zero attached hydrogens (tertiary/aromatic N) is 3. The van der Waals surface area contributed by atoms with Gasteiger partial charge in [-0.3, -0.25) is 0 Å². The summed E-state index contributed by atoms with van der Waals surface area (Å²) >= 11 is 2.41. The van der Waals surface area contributed by atoms with E-state index in [4.69, 9.17) is 9.52 Å². The van der Waals surface area contributed by atoms with E-state index in [9.17, 15) is 4.79 Å². The average Bonchev–Trinajstić information content (AvgIpc) is 2.87. The summed E-state index contributed by atoms with van der Waals surface area (Å²) in [4.78, 5) is 18.5. The lowest BCUT2D eigenvalue weighted by molar-refractivity contribution is 0.0690. The fourth-order valence-corrected chi connectivity index (χ4v) is 2.42. The molecular weight excluding hydrogens is 250 g/mol. The van der Waals surface area contributed by atoms with Crippen LogP contribution in [0.3, 0.4) is 0 Å². The standard InChI is InChI=1S/C8H7N3O3S2/c1-2-5-10-8(16-11-5)15-7-9-4(3-14-7)6(12)13/h3H,2H2,1H3,(H,12,13). The number of rotatable bonds is 4. The first-order valence-electron chi connectivity index (χ1n) is 4.38. The predicted molar refractivity (Wildman–Crippen MR) is 56.9 cm³/mol. The zero-order valence-corrected chi connectivity index (χ0v) is 9.84. The van der Waals surface area contributed by atoms with E-state index in [0.29, 0.717) is 4.34 Å². The highest BCUT2D eigenvalue weighted by Gasteiger charge is 2.13. The third kappa shape index (κ3) is 2.39. The molecule has 8 heteroatoms. The Bertz CT molecular complexity index is 508. The number of aromatic nitrogens is 3. The van der Waals surface area contributed by atoms with Gasteiger partial charge < -0.3 is 9.52 Å². The summed E-state index contributed by atoms with van der Waals surface area (Å²) in [6.45, 7) is 1.96. The lowest BCUT2D eigenvalue weighted by atomic mass is 10.5. The fraction of sp³-hybridized carbons (Fsp3) is 0.250. The second kappa shape index (κ2) is 4.62. The second-order valence-electron chi connectivity index (χ2n) is 2.74. The first kappa shape index (κ1) is 11.1. The highest BCUT2D eigenvalue weighted by Crippen LogP contribution is 2.28. The number of hydrogen-bond donors (Lipinski definition) is 1. The van der Waals surface area contributed by atoms with Crippen molar-refractivity contribution in [3.63, 3.8) is 0 Å². The predicted octanol–water partition coefficient (Wildman–Crippen LogP) is 1.94. The number of hydrogen-bond acceptors (Lipinski definition) is 7. The van der Waals surface area contributed by atoms with E-state index < -0.39 is 5.97 Å². The molecule has 0 unspecified atom stereocenters. The molecule has 2 aromatic rings. The Labute approximate surface area is 98.9 Å². The van der Waals surface area contributed by atoms with E-state index in [1.807, 2.05) is 6.92 Å². The largest absolute Gasteiger partial charge is 0.476 e. The van der Waals surface area contributed by atoms with Crippen molar-refractivity contribution in [2.45, 2.75) is 22.9 Å².